The third-order valence-corrected chi connectivity index (χ3v) is 3.93. The van der Waals surface area contributed by atoms with Crippen molar-refractivity contribution in [3.63, 3.8) is 0 Å². The summed E-state index contributed by atoms with van der Waals surface area (Å²) in [5.41, 5.74) is 1.67. The SMILES string of the molecule is [O-]P([O-])c1ccc(-c2ccc(P([O-])[O-])cc2)cc1. The van der Waals surface area contributed by atoms with Gasteiger partial charge in [0, 0.05) is 0 Å². The summed E-state index contributed by atoms with van der Waals surface area (Å²) in [6, 6.07) is 12.8. The molecule has 0 aromatic heterocycles. The molecule has 6 heteroatoms. The zero-order valence-electron chi connectivity index (χ0n) is 9.15. The Hall–Kier alpha value is -0.860. The molecule has 0 unspecified atom stereocenters. The van der Waals surface area contributed by atoms with Gasteiger partial charge in [-0.3, -0.25) is 16.8 Å². The van der Waals surface area contributed by atoms with E-state index in [2.05, 4.69) is 0 Å². The smallest absolute Gasteiger partial charge is 0.0184 e. The van der Waals surface area contributed by atoms with Crippen LogP contribution in [-0.4, -0.2) is 0 Å². The Morgan fingerprint density at radius 1 is 0.500 bits per heavy atom. The molecule has 0 saturated heterocycles. The van der Waals surface area contributed by atoms with E-state index in [9.17, 15) is 19.6 Å². The lowest BCUT2D eigenvalue weighted by Gasteiger charge is -2.31. The highest BCUT2D eigenvalue weighted by molar-refractivity contribution is 7.51. The van der Waals surface area contributed by atoms with Crippen molar-refractivity contribution in [3.05, 3.63) is 48.5 Å². The first-order chi connectivity index (χ1) is 8.58. The second-order valence-corrected chi connectivity index (χ2v) is 5.67. The van der Waals surface area contributed by atoms with Crippen LogP contribution in [0.1, 0.15) is 0 Å². The molecule has 94 valence electrons. The zero-order valence-corrected chi connectivity index (χ0v) is 10.9. The minimum atomic E-state index is -2.57. The maximum atomic E-state index is 10.7. The van der Waals surface area contributed by atoms with Gasteiger partial charge in [-0.05, 0) is 11.1 Å². The largest absolute Gasteiger partial charge is 0.838 e. The predicted octanol–water partition coefficient (Wildman–Crippen LogP) is -1.33. The molecule has 2 aromatic carbocycles. The van der Waals surface area contributed by atoms with E-state index in [0.29, 0.717) is 0 Å². The fraction of sp³-hybridized carbons (Fsp3) is 0. The summed E-state index contributed by atoms with van der Waals surface area (Å²) in [6.07, 6.45) is 0. The van der Waals surface area contributed by atoms with Crippen LogP contribution in [0.5, 0.6) is 0 Å². The van der Waals surface area contributed by atoms with E-state index >= 15 is 0 Å². The molecule has 0 atom stereocenters. The summed E-state index contributed by atoms with van der Waals surface area (Å²) >= 11 is 0. The molecule has 0 fully saturated rings. The van der Waals surface area contributed by atoms with E-state index < -0.39 is 16.8 Å². The lowest BCUT2D eigenvalue weighted by molar-refractivity contribution is -0.288. The normalized spacial score (nSPS) is 11.2. The molecule has 0 N–H and O–H groups in total. The lowest BCUT2D eigenvalue weighted by atomic mass is 10.1. The average molecular weight is 278 g/mol. The quantitative estimate of drug-likeness (QED) is 0.650. The molecule has 18 heavy (non-hydrogen) atoms. The minimum absolute atomic E-state index is 0.257. The van der Waals surface area contributed by atoms with E-state index in [0.717, 1.165) is 11.1 Å². The van der Waals surface area contributed by atoms with Crippen LogP contribution in [0.3, 0.4) is 0 Å². The Kier molecular flexibility index (Phi) is 4.41. The third kappa shape index (κ3) is 3.12. The molecule has 0 spiro atoms. The van der Waals surface area contributed by atoms with Crippen molar-refractivity contribution in [3.8, 4) is 11.1 Å². The summed E-state index contributed by atoms with van der Waals surface area (Å²) < 4.78 is 0. The van der Waals surface area contributed by atoms with Gasteiger partial charge in [0.2, 0.25) is 0 Å². The van der Waals surface area contributed by atoms with E-state index in [4.69, 9.17) is 0 Å². The summed E-state index contributed by atoms with van der Waals surface area (Å²) in [5.74, 6) is 0. The Balaban J connectivity index is 2.25. The van der Waals surface area contributed by atoms with Gasteiger partial charge in [0.1, 0.15) is 0 Å². The second-order valence-electron chi connectivity index (χ2n) is 3.61. The van der Waals surface area contributed by atoms with Crippen molar-refractivity contribution in [1.82, 2.24) is 0 Å². The van der Waals surface area contributed by atoms with Crippen molar-refractivity contribution in [2.45, 2.75) is 0 Å². The van der Waals surface area contributed by atoms with Crippen LogP contribution in [0.4, 0.5) is 0 Å². The van der Waals surface area contributed by atoms with E-state index in [1.165, 1.54) is 24.3 Å². The third-order valence-electron chi connectivity index (χ3n) is 2.49. The summed E-state index contributed by atoms with van der Waals surface area (Å²) in [7, 11) is -5.14. The maximum absolute atomic E-state index is 10.7. The van der Waals surface area contributed by atoms with Crippen molar-refractivity contribution < 1.29 is 19.6 Å². The topological polar surface area (TPSA) is 92.2 Å². The molecule has 0 amide bonds. The van der Waals surface area contributed by atoms with E-state index in [1.807, 2.05) is 0 Å². The molecule has 4 nitrogen and oxygen atoms in total. The van der Waals surface area contributed by atoms with Crippen LogP contribution in [0.25, 0.3) is 11.1 Å². The predicted molar refractivity (Wildman–Crippen MR) is 65.0 cm³/mol. The van der Waals surface area contributed by atoms with Crippen molar-refractivity contribution in [2.24, 2.45) is 0 Å². The van der Waals surface area contributed by atoms with Gasteiger partial charge in [-0.15, -0.1) is 0 Å². The summed E-state index contributed by atoms with van der Waals surface area (Å²) in [6.45, 7) is 0. The van der Waals surface area contributed by atoms with Crippen LogP contribution in [-0.2, 0) is 0 Å². The molecular formula is C12H8O4P2-4. The first kappa shape index (κ1) is 13.6. The van der Waals surface area contributed by atoms with Gasteiger partial charge in [-0.25, -0.2) is 0 Å². The highest BCUT2D eigenvalue weighted by Crippen LogP contribution is 2.21. The van der Waals surface area contributed by atoms with Crippen molar-refractivity contribution >= 4 is 27.4 Å². The number of hydrogen-bond donors (Lipinski definition) is 0. The van der Waals surface area contributed by atoms with Gasteiger partial charge < -0.3 is 19.6 Å². The first-order valence-electron chi connectivity index (χ1n) is 5.07. The van der Waals surface area contributed by atoms with Crippen molar-refractivity contribution in [1.29, 1.82) is 0 Å². The molecule has 2 rings (SSSR count). The minimum Gasteiger partial charge on any atom is -0.838 e. The Bertz CT molecular complexity index is 459. The van der Waals surface area contributed by atoms with Crippen LogP contribution in [0.15, 0.2) is 48.5 Å². The molecule has 0 aliphatic carbocycles. The van der Waals surface area contributed by atoms with Gasteiger partial charge in [-0.2, -0.15) is 0 Å². The fourth-order valence-electron chi connectivity index (χ4n) is 1.55. The van der Waals surface area contributed by atoms with Crippen LogP contribution in [0, 0.1) is 0 Å². The first-order valence-corrected chi connectivity index (χ1v) is 7.43. The maximum Gasteiger partial charge on any atom is -0.0184 e. The Labute approximate surface area is 107 Å². The van der Waals surface area contributed by atoms with Gasteiger partial charge in [0.15, 0.2) is 0 Å². The lowest BCUT2D eigenvalue weighted by Crippen LogP contribution is -2.19. The highest BCUT2D eigenvalue weighted by atomic mass is 31.2. The van der Waals surface area contributed by atoms with Gasteiger partial charge in [0.25, 0.3) is 0 Å². The second kappa shape index (κ2) is 5.85. The molecule has 0 saturated carbocycles. The molecule has 2 aromatic rings. The van der Waals surface area contributed by atoms with E-state index in [1.54, 1.807) is 24.3 Å². The number of hydrogen-bond acceptors (Lipinski definition) is 4. The fourth-order valence-corrected chi connectivity index (χ4v) is 2.34. The van der Waals surface area contributed by atoms with E-state index in [-0.39, 0.29) is 10.6 Å². The Morgan fingerprint density at radius 2 is 0.778 bits per heavy atom. The molecule has 0 aliphatic heterocycles. The summed E-state index contributed by atoms with van der Waals surface area (Å²) in [4.78, 5) is 43.0. The van der Waals surface area contributed by atoms with Gasteiger partial charge in [0.05, 0.1) is 0 Å². The molecule has 0 heterocycles. The van der Waals surface area contributed by atoms with Gasteiger partial charge in [-0.1, -0.05) is 59.1 Å². The van der Waals surface area contributed by atoms with Crippen LogP contribution >= 0.6 is 16.8 Å². The van der Waals surface area contributed by atoms with Gasteiger partial charge >= 0.3 is 0 Å². The molecule has 0 radical (unpaired) electrons. The average Bonchev–Trinajstić information content (AvgIpc) is 2.39. The highest BCUT2D eigenvalue weighted by Gasteiger charge is 1.97. The standard InChI is InChI=1S/C12H8O4P2/c13-17(14)11-5-1-9(2-6-11)10-3-7-12(8-4-10)18(15)16/h1-8H/q-4. The number of rotatable bonds is 3. The van der Waals surface area contributed by atoms with Crippen LogP contribution < -0.4 is 30.2 Å². The van der Waals surface area contributed by atoms with Crippen molar-refractivity contribution in [2.75, 3.05) is 0 Å². The Morgan fingerprint density at radius 3 is 1.00 bits per heavy atom. The zero-order chi connectivity index (χ0) is 13.1. The number of benzene rings is 2. The van der Waals surface area contributed by atoms with Crippen LogP contribution in [0.2, 0.25) is 0 Å². The molecule has 0 aliphatic rings. The molecular weight excluding hydrogens is 270 g/mol. The monoisotopic (exact) mass is 278 g/mol. The molecule has 0 bridgehead atoms. The summed E-state index contributed by atoms with van der Waals surface area (Å²) in [5, 5.41) is 0.515.